The summed E-state index contributed by atoms with van der Waals surface area (Å²) in [5.74, 6) is 0. The largest absolute Gasteiger partial charge is 0.376 e. The maximum atomic E-state index is 5.98. The van der Waals surface area contributed by atoms with Gasteiger partial charge in [-0.15, -0.1) is 0 Å². The van der Waals surface area contributed by atoms with Gasteiger partial charge < -0.3 is 19.5 Å². The molecular weight excluding hydrogens is 392 g/mol. The molecule has 2 aromatic rings. The van der Waals surface area contributed by atoms with Gasteiger partial charge in [0, 0.05) is 36.8 Å². The van der Waals surface area contributed by atoms with E-state index < -0.39 is 0 Å². The van der Waals surface area contributed by atoms with E-state index in [0.717, 1.165) is 36.8 Å². The Bertz CT molecular complexity index is 899. The zero-order valence-electron chi connectivity index (χ0n) is 18.0. The molecule has 4 heterocycles. The number of nitrogens with one attached hydrogen (secondary N) is 1. The molecule has 0 radical (unpaired) electrons. The molecule has 5 nitrogen and oxygen atoms in total. The Kier molecular flexibility index (Phi) is 5.54. The molecule has 2 aromatic heterocycles. The van der Waals surface area contributed by atoms with Crippen molar-refractivity contribution in [2.24, 2.45) is 0 Å². The third kappa shape index (κ3) is 3.54. The molecular formula is C24H32N4OS. The van der Waals surface area contributed by atoms with Crippen molar-refractivity contribution in [3.8, 4) is 0 Å². The van der Waals surface area contributed by atoms with E-state index in [1.807, 2.05) is 12.3 Å². The van der Waals surface area contributed by atoms with Gasteiger partial charge in [0.15, 0.2) is 5.11 Å². The summed E-state index contributed by atoms with van der Waals surface area (Å²) in [5, 5.41) is 4.41. The molecule has 160 valence electrons. The average molecular weight is 425 g/mol. The highest BCUT2D eigenvalue weighted by Crippen LogP contribution is 2.43. The number of nitrogens with zero attached hydrogens (tertiary/aromatic N) is 3. The van der Waals surface area contributed by atoms with Gasteiger partial charge in [-0.25, -0.2) is 0 Å². The van der Waals surface area contributed by atoms with E-state index in [9.17, 15) is 0 Å². The van der Waals surface area contributed by atoms with Crippen LogP contribution in [0.4, 0.5) is 0 Å². The standard InChI is InChI=1S/C24H32N4OS/c1-16-14-20(17(2)28(16)18-8-3-4-9-18)23-22(21-11-5-6-12-25-21)26-24(30)27(23)15-19-10-7-13-29-19/h5-6,11-12,14,18-19,22-23H,3-4,7-10,13,15H2,1-2H3,(H,26,30)/t19-,22-,23-/m0/s1. The Balaban J connectivity index is 1.55. The topological polar surface area (TPSA) is 42.3 Å². The van der Waals surface area contributed by atoms with Gasteiger partial charge in [-0.05, 0) is 75.5 Å². The first-order chi connectivity index (χ1) is 14.6. The number of aryl methyl sites for hydroxylation is 1. The van der Waals surface area contributed by atoms with Crippen LogP contribution in [0.5, 0.6) is 0 Å². The van der Waals surface area contributed by atoms with Crippen molar-refractivity contribution in [1.82, 2.24) is 19.8 Å². The Morgan fingerprint density at radius 1 is 1.17 bits per heavy atom. The second-order valence-corrected chi connectivity index (χ2v) is 9.44. The smallest absolute Gasteiger partial charge is 0.170 e. The third-order valence-corrected chi connectivity index (χ3v) is 7.51. The average Bonchev–Trinajstić information content (AvgIpc) is 3.53. The van der Waals surface area contributed by atoms with Gasteiger partial charge in [0.25, 0.3) is 0 Å². The van der Waals surface area contributed by atoms with Gasteiger partial charge in [0.1, 0.15) is 0 Å². The van der Waals surface area contributed by atoms with Gasteiger partial charge in [-0.1, -0.05) is 18.9 Å². The second kappa shape index (κ2) is 8.31. The monoisotopic (exact) mass is 424 g/mol. The van der Waals surface area contributed by atoms with Crippen molar-refractivity contribution in [3.63, 3.8) is 0 Å². The van der Waals surface area contributed by atoms with Crippen molar-refractivity contribution >= 4 is 17.3 Å². The molecule has 0 aromatic carbocycles. The number of hydrogen-bond acceptors (Lipinski definition) is 3. The van der Waals surface area contributed by atoms with Crippen molar-refractivity contribution < 1.29 is 4.74 Å². The van der Waals surface area contributed by atoms with Crippen LogP contribution in [-0.4, -0.2) is 38.8 Å². The van der Waals surface area contributed by atoms with Crippen LogP contribution in [0.1, 0.15) is 79.3 Å². The van der Waals surface area contributed by atoms with Crippen LogP contribution in [0.15, 0.2) is 30.5 Å². The molecule has 0 amide bonds. The second-order valence-electron chi connectivity index (χ2n) is 9.05. The quantitative estimate of drug-likeness (QED) is 0.701. The van der Waals surface area contributed by atoms with Crippen LogP contribution in [0.3, 0.4) is 0 Å². The molecule has 5 rings (SSSR count). The van der Waals surface area contributed by atoms with E-state index in [0.29, 0.717) is 6.04 Å². The minimum atomic E-state index is 0.0534. The van der Waals surface area contributed by atoms with E-state index in [1.54, 1.807) is 0 Å². The molecule has 30 heavy (non-hydrogen) atoms. The summed E-state index contributed by atoms with van der Waals surface area (Å²) in [4.78, 5) is 7.05. The number of rotatable bonds is 5. The highest BCUT2D eigenvalue weighted by Gasteiger charge is 2.42. The highest BCUT2D eigenvalue weighted by molar-refractivity contribution is 7.80. The summed E-state index contributed by atoms with van der Waals surface area (Å²) >= 11 is 5.84. The Labute approximate surface area is 184 Å². The number of thiocarbonyl (C=S) groups is 1. The molecule has 6 heteroatoms. The van der Waals surface area contributed by atoms with E-state index in [1.165, 1.54) is 42.6 Å². The van der Waals surface area contributed by atoms with Crippen LogP contribution in [0, 0.1) is 13.8 Å². The highest BCUT2D eigenvalue weighted by atomic mass is 32.1. The lowest BCUT2D eigenvalue weighted by molar-refractivity contribution is 0.0841. The Morgan fingerprint density at radius 2 is 2.00 bits per heavy atom. The van der Waals surface area contributed by atoms with Crippen molar-refractivity contribution in [2.75, 3.05) is 13.2 Å². The zero-order chi connectivity index (χ0) is 20.7. The summed E-state index contributed by atoms with van der Waals surface area (Å²) in [7, 11) is 0. The Hall–Kier alpha value is -1.92. The predicted octanol–water partition coefficient (Wildman–Crippen LogP) is 4.77. The van der Waals surface area contributed by atoms with Crippen LogP contribution < -0.4 is 5.32 Å². The maximum Gasteiger partial charge on any atom is 0.170 e. The van der Waals surface area contributed by atoms with Gasteiger partial charge >= 0.3 is 0 Å². The van der Waals surface area contributed by atoms with Crippen LogP contribution in [0.25, 0.3) is 0 Å². The van der Waals surface area contributed by atoms with Crippen molar-refractivity contribution in [2.45, 2.75) is 76.6 Å². The summed E-state index contributed by atoms with van der Waals surface area (Å²) in [6, 6.07) is 9.37. The minimum Gasteiger partial charge on any atom is -0.376 e. The minimum absolute atomic E-state index is 0.0534. The fourth-order valence-corrected chi connectivity index (χ4v) is 6.09. The molecule has 1 aliphatic carbocycles. The number of pyridine rings is 1. The zero-order valence-corrected chi connectivity index (χ0v) is 18.8. The van der Waals surface area contributed by atoms with E-state index in [4.69, 9.17) is 17.0 Å². The molecule has 3 aliphatic rings. The van der Waals surface area contributed by atoms with E-state index in [2.05, 4.69) is 51.8 Å². The normalized spacial score (nSPS) is 27.2. The molecule has 3 atom stereocenters. The summed E-state index contributed by atoms with van der Waals surface area (Å²) in [6.45, 7) is 6.26. The SMILES string of the molecule is Cc1cc([C@H]2[C@H](c3ccccn3)NC(=S)N2C[C@@H]2CCCO2)c(C)n1C1CCCC1. The van der Waals surface area contributed by atoms with E-state index >= 15 is 0 Å². The molecule has 2 saturated heterocycles. The van der Waals surface area contributed by atoms with Gasteiger partial charge in [0.05, 0.1) is 23.9 Å². The van der Waals surface area contributed by atoms with Crippen molar-refractivity contribution in [1.29, 1.82) is 0 Å². The Morgan fingerprint density at radius 3 is 2.70 bits per heavy atom. The molecule has 3 fully saturated rings. The summed E-state index contributed by atoms with van der Waals surface area (Å²) in [6.07, 6.45) is 9.65. The van der Waals surface area contributed by atoms with Gasteiger partial charge in [-0.2, -0.15) is 0 Å². The molecule has 0 bridgehead atoms. The van der Waals surface area contributed by atoms with Crippen LogP contribution in [-0.2, 0) is 4.74 Å². The number of ether oxygens (including phenoxy) is 1. The molecule has 2 aliphatic heterocycles. The third-order valence-electron chi connectivity index (χ3n) is 7.15. The van der Waals surface area contributed by atoms with Crippen molar-refractivity contribution in [3.05, 3.63) is 53.1 Å². The van der Waals surface area contributed by atoms with Crippen LogP contribution >= 0.6 is 12.2 Å². The first-order valence-electron chi connectivity index (χ1n) is 11.4. The van der Waals surface area contributed by atoms with E-state index in [-0.39, 0.29) is 18.2 Å². The molecule has 1 saturated carbocycles. The number of hydrogen-bond donors (Lipinski definition) is 1. The first kappa shape index (κ1) is 20.0. The maximum absolute atomic E-state index is 5.98. The lowest BCUT2D eigenvalue weighted by Crippen LogP contribution is -2.36. The summed E-state index contributed by atoms with van der Waals surface area (Å²) < 4.78 is 8.57. The van der Waals surface area contributed by atoms with Gasteiger partial charge in [0.2, 0.25) is 0 Å². The van der Waals surface area contributed by atoms with Gasteiger partial charge in [-0.3, -0.25) is 4.98 Å². The fraction of sp³-hybridized carbons (Fsp3) is 0.583. The lowest BCUT2D eigenvalue weighted by atomic mass is 9.96. The fourth-order valence-electron chi connectivity index (χ4n) is 5.77. The molecule has 1 N–H and O–H groups in total. The lowest BCUT2D eigenvalue weighted by Gasteiger charge is -2.30. The van der Waals surface area contributed by atoms with Crippen LogP contribution in [0.2, 0.25) is 0 Å². The first-order valence-corrected chi connectivity index (χ1v) is 11.8. The summed E-state index contributed by atoms with van der Waals surface area (Å²) in [5.41, 5.74) is 5.17. The molecule has 0 unspecified atom stereocenters. The number of aromatic nitrogens is 2. The molecule has 0 spiro atoms. The predicted molar refractivity (Wildman–Crippen MR) is 123 cm³/mol.